The van der Waals surface area contributed by atoms with Gasteiger partial charge in [0, 0.05) is 12.1 Å². The van der Waals surface area contributed by atoms with Gasteiger partial charge in [-0.1, -0.05) is 30.3 Å². The van der Waals surface area contributed by atoms with Crippen LogP contribution in [0.4, 0.5) is 0 Å². The Morgan fingerprint density at radius 2 is 2.06 bits per heavy atom. The summed E-state index contributed by atoms with van der Waals surface area (Å²) >= 11 is 0. The maximum Gasteiger partial charge on any atom is 0.287 e. The SMILES string of the molecule is CC(O)CNC(=O)c1occc1-c1ccccc1. The van der Waals surface area contributed by atoms with Crippen molar-refractivity contribution in [2.24, 2.45) is 0 Å². The van der Waals surface area contributed by atoms with Gasteiger partial charge >= 0.3 is 0 Å². The average Bonchev–Trinajstić information content (AvgIpc) is 2.86. The molecule has 0 bridgehead atoms. The van der Waals surface area contributed by atoms with Gasteiger partial charge in [0.15, 0.2) is 5.76 Å². The number of carbonyl (C=O) groups excluding carboxylic acids is 1. The first-order chi connectivity index (χ1) is 8.68. The minimum absolute atomic E-state index is 0.202. The first-order valence-corrected chi connectivity index (χ1v) is 5.77. The maximum atomic E-state index is 11.9. The van der Waals surface area contributed by atoms with Gasteiger partial charge in [-0.15, -0.1) is 0 Å². The second kappa shape index (κ2) is 5.51. The van der Waals surface area contributed by atoms with E-state index in [0.29, 0.717) is 0 Å². The van der Waals surface area contributed by atoms with E-state index in [1.165, 1.54) is 6.26 Å². The Kier molecular flexibility index (Phi) is 3.79. The van der Waals surface area contributed by atoms with Gasteiger partial charge in [-0.3, -0.25) is 4.79 Å². The normalized spacial score (nSPS) is 12.1. The molecule has 0 fully saturated rings. The fraction of sp³-hybridized carbons (Fsp3) is 0.214. The molecule has 4 heteroatoms. The molecule has 1 amide bonds. The van der Waals surface area contributed by atoms with Crippen LogP contribution < -0.4 is 5.32 Å². The molecule has 1 unspecified atom stereocenters. The van der Waals surface area contributed by atoms with Crippen LogP contribution in [0.15, 0.2) is 47.1 Å². The first kappa shape index (κ1) is 12.4. The van der Waals surface area contributed by atoms with Gasteiger partial charge in [-0.25, -0.2) is 0 Å². The van der Waals surface area contributed by atoms with Crippen molar-refractivity contribution in [1.29, 1.82) is 0 Å². The van der Waals surface area contributed by atoms with E-state index in [1.807, 2.05) is 30.3 Å². The highest BCUT2D eigenvalue weighted by atomic mass is 16.3. The topological polar surface area (TPSA) is 62.5 Å². The van der Waals surface area contributed by atoms with E-state index in [4.69, 9.17) is 9.52 Å². The molecule has 2 aromatic rings. The molecule has 18 heavy (non-hydrogen) atoms. The monoisotopic (exact) mass is 245 g/mol. The van der Waals surface area contributed by atoms with Crippen LogP contribution in [-0.2, 0) is 0 Å². The van der Waals surface area contributed by atoms with E-state index in [0.717, 1.165) is 11.1 Å². The molecule has 0 saturated heterocycles. The van der Waals surface area contributed by atoms with Gasteiger partial charge in [-0.05, 0) is 18.6 Å². The van der Waals surface area contributed by atoms with Gasteiger partial charge < -0.3 is 14.8 Å². The molecule has 0 aliphatic carbocycles. The summed E-state index contributed by atoms with van der Waals surface area (Å²) in [6.45, 7) is 1.81. The van der Waals surface area contributed by atoms with Crippen LogP contribution in [-0.4, -0.2) is 23.7 Å². The number of benzene rings is 1. The predicted octanol–water partition coefficient (Wildman–Crippen LogP) is 2.06. The third kappa shape index (κ3) is 2.78. The Bertz CT molecular complexity index is 517. The number of rotatable bonds is 4. The first-order valence-electron chi connectivity index (χ1n) is 5.77. The van der Waals surface area contributed by atoms with Crippen LogP contribution in [0.5, 0.6) is 0 Å². The summed E-state index contributed by atoms with van der Waals surface area (Å²) < 4.78 is 5.22. The summed E-state index contributed by atoms with van der Waals surface area (Å²) in [4.78, 5) is 11.9. The molecule has 2 N–H and O–H groups in total. The highest BCUT2D eigenvalue weighted by molar-refractivity contribution is 5.98. The smallest absolute Gasteiger partial charge is 0.287 e. The molecule has 0 spiro atoms. The number of nitrogens with one attached hydrogen (secondary N) is 1. The molecular formula is C14H15NO3. The molecule has 0 aliphatic rings. The molecule has 1 atom stereocenters. The fourth-order valence-corrected chi connectivity index (χ4v) is 1.65. The predicted molar refractivity (Wildman–Crippen MR) is 68.2 cm³/mol. The molecule has 1 aromatic heterocycles. The molecule has 0 saturated carbocycles. The van der Waals surface area contributed by atoms with Gasteiger partial charge in [0.2, 0.25) is 0 Å². The molecule has 94 valence electrons. The van der Waals surface area contributed by atoms with Crippen molar-refractivity contribution in [2.75, 3.05) is 6.54 Å². The van der Waals surface area contributed by atoms with Crippen LogP contribution in [0.1, 0.15) is 17.5 Å². The molecular weight excluding hydrogens is 230 g/mol. The Labute approximate surface area is 105 Å². The average molecular weight is 245 g/mol. The Balaban J connectivity index is 2.20. The molecule has 0 radical (unpaired) electrons. The summed E-state index contributed by atoms with van der Waals surface area (Å²) in [6.07, 6.45) is 0.906. The van der Waals surface area contributed by atoms with Crippen molar-refractivity contribution in [3.8, 4) is 11.1 Å². The number of aliphatic hydroxyl groups is 1. The van der Waals surface area contributed by atoms with E-state index in [9.17, 15) is 4.79 Å². The standard InChI is InChI=1S/C14H15NO3/c1-10(16)9-15-14(17)13-12(7-8-18-13)11-5-3-2-4-6-11/h2-8,10,16H,9H2,1H3,(H,15,17). The lowest BCUT2D eigenvalue weighted by molar-refractivity contribution is 0.0897. The molecule has 1 aromatic carbocycles. The van der Waals surface area contributed by atoms with Crippen LogP contribution in [0.3, 0.4) is 0 Å². The van der Waals surface area contributed by atoms with Crippen LogP contribution in [0.25, 0.3) is 11.1 Å². The second-order valence-corrected chi connectivity index (χ2v) is 4.09. The summed E-state index contributed by atoms with van der Waals surface area (Å²) in [5.74, 6) is -0.0541. The summed E-state index contributed by atoms with van der Waals surface area (Å²) in [6, 6.07) is 11.3. The third-order valence-corrected chi connectivity index (χ3v) is 2.51. The number of hydrogen-bond donors (Lipinski definition) is 2. The van der Waals surface area contributed by atoms with Crippen molar-refractivity contribution in [3.05, 3.63) is 48.4 Å². The lowest BCUT2D eigenvalue weighted by Gasteiger charge is -2.06. The number of aliphatic hydroxyl groups excluding tert-OH is 1. The lowest BCUT2D eigenvalue weighted by Crippen LogP contribution is -2.30. The van der Waals surface area contributed by atoms with Crippen molar-refractivity contribution in [2.45, 2.75) is 13.0 Å². The number of amides is 1. The summed E-state index contributed by atoms with van der Waals surface area (Å²) in [5, 5.41) is 11.8. The van der Waals surface area contributed by atoms with Crippen LogP contribution in [0, 0.1) is 0 Å². The van der Waals surface area contributed by atoms with E-state index < -0.39 is 6.10 Å². The highest BCUT2D eigenvalue weighted by Crippen LogP contribution is 2.24. The Hall–Kier alpha value is -2.07. The quantitative estimate of drug-likeness (QED) is 0.866. The van der Waals surface area contributed by atoms with Crippen molar-refractivity contribution >= 4 is 5.91 Å². The van der Waals surface area contributed by atoms with Crippen LogP contribution >= 0.6 is 0 Å². The number of furan rings is 1. The van der Waals surface area contributed by atoms with Gasteiger partial charge in [0.25, 0.3) is 5.91 Å². The van der Waals surface area contributed by atoms with Crippen molar-refractivity contribution in [3.63, 3.8) is 0 Å². The van der Waals surface area contributed by atoms with E-state index in [-0.39, 0.29) is 18.2 Å². The molecule has 4 nitrogen and oxygen atoms in total. The van der Waals surface area contributed by atoms with E-state index in [2.05, 4.69) is 5.32 Å². The Morgan fingerprint density at radius 3 is 2.72 bits per heavy atom. The second-order valence-electron chi connectivity index (χ2n) is 4.09. The number of carbonyl (C=O) groups is 1. The van der Waals surface area contributed by atoms with E-state index in [1.54, 1.807) is 13.0 Å². The zero-order valence-corrected chi connectivity index (χ0v) is 10.1. The highest BCUT2D eigenvalue weighted by Gasteiger charge is 2.16. The van der Waals surface area contributed by atoms with Gasteiger partial charge in [0.1, 0.15) is 0 Å². The minimum atomic E-state index is -0.580. The van der Waals surface area contributed by atoms with Crippen molar-refractivity contribution < 1.29 is 14.3 Å². The maximum absolute atomic E-state index is 11.9. The summed E-state index contributed by atoms with van der Waals surface area (Å²) in [5.41, 5.74) is 1.67. The molecule has 0 aliphatic heterocycles. The number of hydrogen-bond acceptors (Lipinski definition) is 3. The van der Waals surface area contributed by atoms with Gasteiger partial charge in [0.05, 0.1) is 12.4 Å². The summed E-state index contributed by atoms with van der Waals surface area (Å²) in [7, 11) is 0. The Morgan fingerprint density at radius 1 is 1.33 bits per heavy atom. The largest absolute Gasteiger partial charge is 0.459 e. The zero-order valence-electron chi connectivity index (χ0n) is 10.1. The molecule has 1 heterocycles. The molecule has 2 rings (SSSR count). The van der Waals surface area contributed by atoms with Crippen molar-refractivity contribution in [1.82, 2.24) is 5.32 Å². The van der Waals surface area contributed by atoms with E-state index >= 15 is 0 Å². The van der Waals surface area contributed by atoms with Gasteiger partial charge in [-0.2, -0.15) is 0 Å². The minimum Gasteiger partial charge on any atom is -0.459 e. The fourth-order valence-electron chi connectivity index (χ4n) is 1.65. The van der Waals surface area contributed by atoms with Crippen LogP contribution in [0.2, 0.25) is 0 Å². The third-order valence-electron chi connectivity index (χ3n) is 2.51. The lowest BCUT2D eigenvalue weighted by atomic mass is 10.1. The zero-order chi connectivity index (χ0) is 13.0.